The standard InChI is InChI=1S/C9H10BrNO.C2HF3O2/c10-8-3-1-2-4-9(8)12-7-5-11-6-7;3-2(4,5)1(6)7/h1-4,7,11H,5-6H2;(H,6,7). The average Bonchev–Trinajstić information content (AvgIpc) is 2.25. The summed E-state index contributed by atoms with van der Waals surface area (Å²) < 4.78 is 38.4. The van der Waals surface area contributed by atoms with Crippen LogP contribution in [-0.2, 0) is 4.79 Å². The summed E-state index contributed by atoms with van der Waals surface area (Å²) in [5, 5.41) is 10.3. The number of aliphatic carboxylic acids is 1. The molecule has 0 atom stereocenters. The van der Waals surface area contributed by atoms with Crippen LogP contribution in [-0.4, -0.2) is 36.4 Å². The lowest BCUT2D eigenvalue weighted by atomic mass is 10.2. The molecule has 8 heteroatoms. The number of alkyl halides is 3. The van der Waals surface area contributed by atoms with E-state index in [4.69, 9.17) is 14.6 Å². The van der Waals surface area contributed by atoms with Gasteiger partial charge in [0.1, 0.15) is 11.9 Å². The first-order valence-electron chi connectivity index (χ1n) is 5.22. The number of hydrogen-bond acceptors (Lipinski definition) is 3. The zero-order valence-electron chi connectivity index (χ0n) is 9.58. The Morgan fingerprint density at radius 3 is 2.26 bits per heavy atom. The summed E-state index contributed by atoms with van der Waals surface area (Å²) >= 11 is 3.43. The van der Waals surface area contributed by atoms with E-state index in [1.165, 1.54) is 0 Å². The molecule has 0 saturated carbocycles. The summed E-state index contributed by atoms with van der Waals surface area (Å²) in [6, 6.07) is 7.92. The Labute approximate surface area is 115 Å². The molecular formula is C11H11BrF3NO3. The Morgan fingerprint density at radius 1 is 1.37 bits per heavy atom. The van der Waals surface area contributed by atoms with E-state index in [1.807, 2.05) is 24.3 Å². The van der Waals surface area contributed by atoms with E-state index in [-0.39, 0.29) is 0 Å². The van der Waals surface area contributed by atoms with E-state index in [9.17, 15) is 13.2 Å². The van der Waals surface area contributed by atoms with Gasteiger partial charge in [-0.25, -0.2) is 4.79 Å². The molecule has 1 aromatic rings. The summed E-state index contributed by atoms with van der Waals surface area (Å²) in [6.07, 6.45) is -4.73. The number of ether oxygens (including phenoxy) is 1. The molecule has 106 valence electrons. The van der Waals surface area contributed by atoms with Crippen molar-refractivity contribution >= 4 is 21.9 Å². The fourth-order valence-corrected chi connectivity index (χ4v) is 1.44. The first kappa shape index (κ1) is 15.8. The van der Waals surface area contributed by atoms with Crippen LogP contribution in [0.5, 0.6) is 5.75 Å². The lowest BCUT2D eigenvalue weighted by molar-refractivity contribution is -0.192. The van der Waals surface area contributed by atoms with E-state index in [2.05, 4.69) is 21.2 Å². The first-order valence-corrected chi connectivity index (χ1v) is 6.02. The third-order valence-electron chi connectivity index (χ3n) is 2.12. The molecule has 1 aliphatic rings. The molecule has 1 aliphatic heterocycles. The van der Waals surface area contributed by atoms with Crippen LogP contribution in [0.2, 0.25) is 0 Å². The molecule has 0 radical (unpaired) electrons. The quantitative estimate of drug-likeness (QED) is 0.867. The third-order valence-corrected chi connectivity index (χ3v) is 2.77. The van der Waals surface area contributed by atoms with Gasteiger partial charge in [-0.1, -0.05) is 12.1 Å². The van der Waals surface area contributed by atoms with Crippen LogP contribution in [0.4, 0.5) is 13.2 Å². The van der Waals surface area contributed by atoms with E-state index >= 15 is 0 Å². The highest BCUT2D eigenvalue weighted by atomic mass is 79.9. The zero-order valence-corrected chi connectivity index (χ0v) is 11.2. The second-order valence-corrected chi connectivity index (χ2v) is 4.49. The van der Waals surface area contributed by atoms with Gasteiger partial charge in [-0.15, -0.1) is 0 Å². The second-order valence-electron chi connectivity index (χ2n) is 3.63. The summed E-state index contributed by atoms with van der Waals surface area (Å²) in [7, 11) is 0. The fraction of sp³-hybridized carbons (Fsp3) is 0.364. The molecule has 0 bridgehead atoms. The van der Waals surface area contributed by atoms with Gasteiger partial charge in [0.15, 0.2) is 0 Å². The minimum absolute atomic E-state index is 0.351. The Hall–Kier alpha value is -1.28. The van der Waals surface area contributed by atoms with Crippen molar-refractivity contribution < 1.29 is 27.8 Å². The zero-order chi connectivity index (χ0) is 14.5. The van der Waals surface area contributed by atoms with Crippen molar-refractivity contribution in [2.24, 2.45) is 0 Å². The fourth-order valence-electron chi connectivity index (χ4n) is 1.07. The Kier molecular flexibility index (Phi) is 5.61. The number of carboxylic acid groups (broad SMARTS) is 1. The Balaban J connectivity index is 0.000000224. The van der Waals surface area contributed by atoms with Gasteiger partial charge in [-0.3, -0.25) is 0 Å². The molecule has 0 aliphatic carbocycles. The monoisotopic (exact) mass is 341 g/mol. The smallest absolute Gasteiger partial charge is 0.487 e. The maximum atomic E-state index is 10.6. The Morgan fingerprint density at radius 2 is 1.89 bits per heavy atom. The van der Waals surface area contributed by atoms with Gasteiger partial charge in [-0.05, 0) is 28.1 Å². The van der Waals surface area contributed by atoms with Gasteiger partial charge in [0.25, 0.3) is 0 Å². The molecule has 19 heavy (non-hydrogen) atoms. The predicted molar refractivity (Wildman–Crippen MR) is 65.1 cm³/mol. The molecular weight excluding hydrogens is 331 g/mol. The van der Waals surface area contributed by atoms with Crippen LogP contribution in [0.15, 0.2) is 28.7 Å². The van der Waals surface area contributed by atoms with Gasteiger partial charge >= 0.3 is 12.1 Å². The van der Waals surface area contributed by atoms with Gasteiger partial charge in [0.05, 0.1) is 4.47 Å². The molecule has 1 heterocycles. The normalized spacial score (nSPS) is 14.9. The molecule has 0 spiro atoms. The first-order chi connectivity index (χ1) is 8.80. The van der Waals surface area contributed by atoms with Crippen molar-refractivity contribution in [3.63, 3.8) is 0 Å². The Bertz CT molecular complexity index is 435. The molecule has 0 unspecified atom stereocenters. The lowest BCUT2D eigenvalue weighted by Gasteiger charge is -2.28. The van der Waals surface area contributed by atoms with E-state index < -0.39 is 12.1 Å². The molecule has 1 fully saturated rings. The molecule has 0 aromatic heterocycles. The van der Waals surface area contributed by atoms with Crippen LogP contribution in [0.1, 0.15) is 0 Å². The number of carbonyl (C=O) groups is 1. The number of para-hydroxylation sites is 1. The molecule has 1 saturated heterocycles. The molecule has 4 nitrogen and oxygen atoms in total. The van der Waals surface area contributed by atoms with Crippen molar-refractivity contribution in [3.8, 4) is 5.75 Å². The SMILES string of the molecule is Brc1ccccc1OC1CNC1.O=C(O)C(F)(F)F. The maximum Gasteiger partial charge on any atom is 0.490 e. The molecule has 1 aromatic carbocycles. The van der Waals surface area contributed by atoms with E-state index in [0.29, 0.717) is 6.10 Å². The minimum Gasteiger partial charge on any atom is -0.487 e. The topological polar surface area (TPSA) is 58.6 Å². The van der Waals surface area contributed by atoms with E-state index in [0.717, 1.165) is 23.3 Å². The van der Waals surface area contributed by atoms with Crippen LogP contribution >= 0.6 is 15.9 Å². The minimum atomic E-state index is -5.08. The molecule has 2 N–H and O–H groups in total. The number of rotatable bonds is 2. The molecule has 0 amide bonds. The van der Waals surface area contributed by atoms with Gasteiger partial charge < -0.3 is 15.2 Å². The third kappa shape index (κ3) is 5.48. The van der Waals surface area contributed by atoms with Crippen molar-refractivity contribution in [2.75, 3.05) is 13.1 Å². The van der Waals surface area contributed by atoms with Gasteiger partial charge in [-0.2, -0.15) is 13.2 Å². The largest absolute Gasteiger partial charge is 0.490 e. The number of carboxylic acids is 1. The van der Waals surface area contributed by atoms with E-state index in [1.54, 1.807) is 0 Å². The number of hydrogen-bond donors (Lipinski definition) is 2. The summed E-state index contributed by atoms with van der Waals surface area (Å²) in [5.74, 6) is -1.82. The van der Waals surface area contributed by atoms with Gasteiger partial charge in [0, 0.05) is 13.1 Å². The van der Waals surface area contributed by atoms with Crippen molar-refractivity contribution in [1.82, 2.24) is 5.32 Å². The van der Waals surface area contributed by atoms with Crippen molar-refractivity contribution in [3.05, 3.63) is 28.7 Å². The van der Waals surface area contributed by atoms with Crippen LogP contribution in [0, 0.1) is 0 Å². The summed E-state index contributed by atoms with van der Waals surface area (Å²) in [5.41, 5.74) is 0. The highest BCUT2D eigenvalue weighted by Gasteiger charge is 2.38. The van der Waals surface area contributed by atoms with Crippen LogP contribution in [0.25, 0.3) is 0 Å². The molecule has 2 rings (SSSR count). The van der Waals surface area contributed by atoms with Crippen LogP contribution < -0.4 is 10.1 Å². The summed E-state index contributed by atoms with van der Waals surface area (Å²) in [6.45, 7) is 1.92. The number of nitrogens with one attached hydrogen (secondary N) is 1. The second kappa shape index (κ2) is 6.76. The highest BCUT2D eigenvalue weighted by Crippen LogP contribution is 2.25. The average molecular weight is 342 g/mol. The van der Waals surface area contributed by atoms with Gasteiger partial charge in [0.2, 0.25) is 0 Å². The summed E-state index contributed by atoms with van der Waals surface area (Å²) in [4.78, 5) is 8.90. The number of halogens is 4. The maximum absolute atomic E-state index is 10.6. The predicted octanol–water partition coefficient (Wildman–Crippen LogP) is 2.43. The van der Waals surface area contributed by atoms with Crippen LogP contribution in [0.3, 0.4) is 0 Å². The number of benzene rings is 1. The lowest BCUT2D eigenvalue weighted by Crippen LogP contribution is -2.50. The van der Waals surface area contributed by atoms with Crippen molar-refractivity contribution in [2.45, 2.75) is 12.3 Å². The van der Waals surface area contributed by atoms with Crippen molar-refractivity contribution in [1.29, 1.82) is 0 Å². The highest BCUT2D eigenvalue weighted by molar-refractivity contribution is 9.10.